The minimum absolute atomic E-state index is 0.712. The number of pyridine rings is 2. The van der Waals surface area contributed by atoms with Crippen LogP contribution in [0, 0.1) is 0 Å². The van der Waals surface area contributed by atoms with Gasteiger partial charge in [0.1, 0.15) is 11.8 Å². The molecule has 0 saturated carbocycles. The topological polar surface area (TPSA) is 83.8 Å². The van der Waals surface area contributed by atoms with Crippen LogP contribution in [0.1, 0.15) is 0 Å². The average Bonchev–Trinajstić information content (AvgIpc) is 3.22. The first kappa shape index (κ1) is 12.1. The van der Waals surface area contributed by atoms with E-state index in [2.05, 4.69) is 36.8 Å². The molecule has 0 aliphatic rings. The number of anilines is 2. The van der Waals surface area contributed by atoms with Crippen molar-refractivity contribution in [3.63, 3.8) is 0 Å². The van der Waals surface area contributed by atoms with Gasteiger partial charge in [0.2, 0.25) is 0 Å². The zero-order valence-corrected chi connectivity index (χ0v) is 11.9. The van der Waals surface area contributed by atoms with Crippen molar-refractivity contribution in [2.45, 2.75) is 0 Å². The molecule has 7 heteroatoms. The Kier molecular flexibility index (Phi) is 2.37. The van der Waals surface area contributed by atoms with Crippen LogP contribution in [-0.2, 0) is 0 Å². The summed E-state index contributed by atoms with van der Waals surface area (Å²) in [5.74, 6) is 0.712. The molecule has 0 bridgehead atoms. The first-order valence-corrected chi connectivity index (χ1v) is 7.17. The third kappa shape index (κ3) is 1.83. The van der Waals surface area contributed by atoms with E-state index in [0.29, 0.717) is 5.82 Å². The molecule has 0 spiro atoms. The SMILES string of the molecule is c1cnc2c(Nc3ccc4c(ccn5cnnc45)c3)n[nH]c2c1. The smallest absolute Gasteiger partial charge is 0.178 e. The van der Waals surface area contributed by atoms with Crippen LogP contribution in [0.15, 0.2) is 55.1 Å². The first-order valence-electron chi connectivity index (χ1n) is 7.17. The Morgan fingerprint density at radius 2 is 2.13 bits per heavy atom. The van der Waals surface area contributed by atoms with Crippen molar-refractivity contribution in [3.8, 4) is 0 Å². The van der Waals surface area contributed by atoms with Crippen molar-refractivity contribution in [1.29, 1.82) is 0 Å². The molecule has 1 aromatic carbocycles. The van der Waals surface area contributed by atoms with Crippen LogP contribution in [0.2, 0.25) is 0 Å². The molecule has 0 amide bonds. The standard InChI is InChI=1S/C16H11N7/c1-2-13-14(17-6-1)15(21-20-13)19-11-3-4-12-10(8-11)5-7-23-9-18-22-16(12)23/h1-9H,(H2,19,20,21). The molecule has 2 N–H and O–H groups in total. The van der Waals surface area contributed by atoms with Gasteiger partial charge in [-0.1, -0.05) is 0 Å². The lowest BCUT2D eigenvalue weighted by Crippen LogP contribution is -1.93. The third-order valence-electron chi connectivity index (χ3n) is 3.86. The summed E-state index contributed by atoms with van der Waals surface area (Å²) in [5, 5.41) is 20.8. The van der Waals surface area contributed by atoms with Crippen molar-refractivity contribution in [3.05, 3.63) is 55.1 Å². The summed E-state index contributed by atoms with van der Waals surface area (Å²) in [4.78, 5) is 4.36. The van der Waals surface area contributed by atoms with Crippen LogP contribution in [0.3, 0.4) is 0 Å². The zero-order valence-electron chi connectivity index (χ0n) is 11.9. The lowest BCUT2D eigenvalue weighted by atomic mass is 10.1. The summed E-state index contributed by atoms with van der Waals surface area (Å²) in [5.41, 5.74) is 3.52. The number of hydrogen-bond acceptors (Lipinski definition) is 5. The second kappa shape index (κ2) is 4.51. The van der Waals surface area contributed by atoms with Gasteiger partial charge in [-0.25, -0.2) is 0 Å². The van der Waals surface area contributed by atoms with Gasteiger partial charge in [-0.3, -0.25) is 14.5 Å². The number of fused-ring (bicyclic) bond motifs is 4. The molecule has 4 aromatic heterocycles. The molecule has 0 aliphatic carbocycles. The van der Waals surface area contributed by atoms with Crippen molar-refractivity contribution < 1.29 is 0 Å². The highest BCUT2D eigenvalue weighted by atomic mass is 15.2. The van der Waals surface area contributed by atoms with Gasteiger partial charge in [-0.05, 0) is 41.8 Å². The highest BCUT2D eigenvalue weighted by Crippen LogP contribution is 2.26. The van der Waals surface area contributed by atoms with E-state index in [9.17, 15) is 0 Å². The fourth-order valence-electron chi connectivity index (χ4n) is 2.76. The maximum Gasteiger partial charge on any atom is 0.178 e. The molecule has 5 aromatic rings. The van der Waals surface area contributed by atoms with Crippen LogP contribution in [0.5, 0.6) is 0 Å². The minimum Gasteiger partial charge on any atom is -0.337 e. The molecule has 0 aliphatic heterocycles. The fourth-order valence-corrected chi connectivity index (χ4v) is 2.76. The predicted octanol–water partition coefficient (Wildman–Crippen LogP) is 2.90. The number of aromatic nitrogens is 6. The molecule has 5 rings (SSSR count). The van der Waals surface area contributed by atoms with Crippen molar-refractivity contribution in [2.24, 2.45) is 0 Å². The van der Waals surface area contributed by atoms with Crippen molar-refractivity contribution >= 4 is 39.0 Å². The molecule has 0 unspecified atom stereocenters. The van der Waals surface area contributed by atoms with Gasteiger partial charge in [-0.15, -0.1) is 10.2 Å². The van der Waals surface area contributed by atoms with E-state index in [0.717, 1.165) is 33.1 Å². The van der Waals surface area contributed by atoms with E-state index in [1.165, 1.54) is 0 Å². The van der Waals surface area contributed by atoms with Gasteiger partial charge in [-0.2, -0.15) is 5.10 Å². The van der Waals surface area contributed by atoms with Gasteiger partial charge in [0, 0.05) is 23.5 Å². The molecule has 0 saturated heterocycles. The monoisotopic (exact) mass is 301 g/mol. The average molecular weight is 301 g/mol. The normalized spacial score (nSPS) is 11.5. The third-order valence-corrected chi connectivity index (χ3v) is 3.86. The van der Waals surface area contributed by atoms with Crippen LogP contribution in [-0.4, -0.2) is 29.8 Å². The number of nitrogens with one attached hydrogen (secondary N) is 2. The molecule has 23 heavy (non-hydrogen) atoms. The highest BCUT2D eigenvalue weighted by Gasteiger charge is 2.08. The second-order valence-corrected chi connectivity index (χ2v) is 5.28. The van der Waals surface area contributed by atoms with E-state index in [4.69, 9.17) is 0 Å². The van der Waals surface area contributed by atoms with Gasteiger partial charge < -0.3 is 5.32 Å². The fraction of sp³-hybridized carbons (Fsp3) is 0. The van der Waals surface area contributed by atoms with Gasteiger partial charge in [0.15, 0.2) is 11.5 Å². The Morgan fingerprint density at radius 3 is 3.13 bits per heavy atom. The molecule has 0 fully saturated rings. The van der Waals surface area contributed by atoms with Gasteiger partial charge in [0.05, 0.1) is 5.52 Å². The van der Waals surface area contributed by atoms with E-state index in [1.54, 1.807) is 12.5 Å². The van der Waals surface area contributed by atoms with Crippen molar-refractivity contribution in [2.75, 3.05) is 5.32 Å². The summed E-state index contributed by atoms with van der Waals surface area (Å²) in [7, 11) is 0. The maximum atomic E-state index is 4.36. The van der Waals surface area contributed by atoms with Crippen LogP contribution < -0.4 is 5.32 Å². The highest BCUT2D eigenvalue weighted by molar-refractivity contribution is 5.96. The van der Waals surface area contributed by atoms with Crippen LogP contribution in [0.4, 0.5) is 11.5 Å². The number of H-pyrrole nitrogens is 1. The number of hydrogen-bond donors (Lipinski definition) is 2. The first-order chi connectivity index (χ1) is 11.4. The molecular formula is C16H11N7. The van der Waals surface area contributed by atoms with E-state index in [1.807, 2.05) is 40.9 Å². The maximum absolute atomic E-state index is 4.36. The lowest BCUT2D eigenvalue weighted by molar-refractivity contribution is 1.10. The largest absolute Gasteiger partial charge is 0.337 e. The molecule has 7 nitrogen and oxygen atoms in total. The number of aromatic amines is 1. The number of rotatable bonds is 2. The second-order valence-electron chi connectivity index (χ2n) is 5.28. The summed E-state index contributed by atoms with van der Waals surface area (Å²) in [6.45, 7) is 0. The van der Waals surface area contributed by atoms with Crippen LogP contribution >= 0.6 is 0 Å². The quantitative estimate of drug-likeness (QED) is 0.524. The van der Waals surface area contributed by atoms with Gasteiger partial charge >= 0.3 is 0 Å². The van der Waals surface area contributed by atoms with Crippen LogP contribution in [0.25, 0.3) is 27.5 Å². The van der Waals surface area contributed by atoms with E-state index < -0.39 is 0 Å². The molecular weight excluding hydrogens is 290 g/mol. The van der Waals surface area contributed by atoms with Crippen molar-refractivity contribution in [1.82, 2.24) is 29.8 Å². The molecule has 110 valence electrons. The van der Waals surface area contributed by atoms with E-state index in [-0.39, 0.29) is 0 Å². The summed E-state index contributed by atoms with van der Waals surface area (Å²) < 4.78 is 1.90. The Bertz CT molecular complexity index is 1150. The zero-order chi connectivity index (χ0) is 15.2. The lowest BCUT2D eigenvalue weighted by Gasteiger charge is -2.06. The molecule has 0 atom stereocenters. The number of nitrogens with zero attached hydrogens (tertiary/aromatic N) is 5. The summed E-state index contributed by atoms with van der Waals surface area (Å²) >= 11 is 0. The Labute approximate surface area is 130 Å². The summed E-state index contributed by atoms with van der Waals surface area (Å²) in [6.07, 6.45) is 5.40. The molecule has 4 heterocycles. The summed E-state index contributed by atoms with van der Waals surface area (Å²) in [6, 6.07) is 12.0. The van der Waals surface area contributed by atoms with Gasteiger partial charge in [0.25, 0.3) is 0 Å². The predicted molar refractivity (Wildman–Crippen MR) is 87.7 cm³/mol. The Hall–Kier alpha value is -3.48. The Morgan fingerprint density at radius 1 is 1.13 bits per heavy atom. The Balaban J connectivity index is 1.61. The minimum atomic E-state index is 0.712. The molecule has 0 radical (unpaired) electrons. The number of benzene rings is 1. The van der Waals surface area contributed by atoms with E-state index >= 15 is 0 Å².